The summed E-state index contributed by atoms with van der Waals surface area (Å²) >= 11 is 0. The Bertz CT molecular complexity index is 861. The highest BCUT2D eigenvalue weighted by atomic mass is 16.5. The van der Waals surface area contributed by atoms with E-state index < -0.39 is 0 Å². The number of amides is 1. The van der Waals surface area contributed by atoms with Crippen molar-refractivity contribution in [2.24, 2.45) is 0 Å². The van der Waals surface area contributed by atoms with Gasteiger partial charge in [0, 0.05) is 23.1 Å². The summed E-state index contributed by atoms with van der Waals surface area (Å²) in [5.74, 6) is 0.827. The van der Waals surface area contributed by atoms with Crippen molar-refractivity contribution in [1.29, 1.82) is 0 Å². The fourth-order valence-electron chi connectivity index (χ4n) is 2.92. The molecule has 1 amide bonds. The molecule has 0 aliphatic carbocycles. The average molecular weight is 346 g/mol. The van der Waals surface area contributed by atoms with E-state index in [1.165, 1.54) is 0 Å². The number of para-hydroxylation sites is 1. The minimum absolute atomic E-state index is 0.134. The van der Waals surface area contributed by atoms with Gasteiger partial charge in [0.05, 0.1) is 7.11 Å². The van der Waals surface area contributed by atoms with Crippen LogP contribution in [0.25, 0.3) is 0 Å². The van der Waals surface area contributed by atoms with E-state index in [4.69, 9.17) is 4.74 Å². The topological polar surface area (TPSA) is 51.2 Å². The number of ether oxygens (including phenoxy) is 1. The van der Waals surface area contributed by atoms with Gasteiger partial charge in [0.1, 0.15) is 5.75 Å². The summed E-state index contributed by atoms with van der Waals surface area (Å²) < 4.78 is 5.14. The number of nitrogens with zero attached hydrogens (tertiary/aromatic N) is 1. The van der Waals surface area contributed by atoms with Crippen molar-refractivity contribution >= 4 is 11.6 Å². The molecular weight excluding hydrogens is 324 g/mol. The van der Waals surface area contributed by atoms with Crippen LogP contribution in [0.15, 0.2) is 72.9 Å². The lowest BCUT2D eigenvalue weighted by molar-refractivity contribution is 0.102. The first-order valence-electron chi connectivity index (χ1n) is 8.61. The predicted molar refractivity (Wildman–Crippen MR) is 104 cm³/mol. The first kappa shape index (κ1) is 17.7. The molecule has 3 rings (SSSR count). The van der Waals surface area contributed by atoms with Gasteiger partial charge in [-0.1, -0.05) is 31.2 Å². The summed E-state index contributed by atoms with van der Waals surface area (Å²) in [5.41, 5.74) is 3.56. The number of aromatic nitrogens is 1. The Kier molecular flexibility index (Phi) is 5.64. The maximum Gasteiger partial charge on any atom is 0.255 e. The van der Waals surface area contributed by atoms with Gasteiger partial charge in [-0.05, 0) is 60.4 Å². The third-order valence-electron chi connectivity index (χ3n) is 4.33. The Morgan fingerprint density at radius 2 is 1.77 bits per heavy atom. The number of benzene rings is 2. The summed E-state index contributed by atoms with van der Waals surface area (Å²) in [6.07, 6.45) is 2.62. The number of hydrogen-bond acceptors (Lipinski definition) is 3. The van der Waals surface area contributed by atoms with Crippen LogP contribution in [0.4, 0.5) is 5.69 Å². The zero-order valence-electron chi connectivity index (χ0n) is 15.0. The van der Waals surface area contributed by atoms with Crippen molar-refractivity contribution < 1.29 is 9.53 Å². The van der Waals surface area contributed by atoms with Crippen molar-refractivity contribution in [2.75, 3.05) is 12.4 Å². The van der Waals surface area contributed by atoms with E-state index in [0.29, 0.717) is 5.56 Å². The fraction of sp³-hybridized carbons (Fsp3) is 0.182. The molecule has 0 spiro atoms. The van der Waals surface area contributed by atoms with Gasteiger partial charge in [-0.15, -0.1) is 0 Å². The summed E-state index contributed by atoms with van der Waals surface area (Å²) in [7, 11) is 1.61. The summed E-state index contributed by atoms with van der Waals surface area (Å²) in [6.45, 7) is 2.15. The number of carbonyl (C=O) groups is 1. The number of carbonyl (C=O) groups excluding carboxylic acids is 1. The second kappa shape index (κ2) is 8.30. The SMILES string of the molecule is COc1ccc(C(=O)Nc2ccccc2C(C)Cc2ccccn2)cc1. The lowest BCUT2D eigenvalue weighted by Gasteiger charge is -2.17. The number of anilines is 1. The van der Waals surface area contributed by atoms with E-state index in [9.17, 15) is 4.79 Å². The smallest absolute Gasteiger partial charge is 0.255 e. The van der Waals surface area contributed by atoms with Crippen LogP contribution in [0.5, 0.6) is 5.75 Å². The van der Waals surface area contributed by atoms with Crippen molar-refractivity contribution in [3.05, 3.63) is 89.7 Å². The third kappa shape index (κ3) is 4.28. The maximum absolute atomic E-state index is 12.6. The molecule has 1 aromatic heterocycles. The van der Waals surface area contributed by atoms with Gasteiger partial charge in [-0.3, -0.25) is 9.78 Å². The van der Waals surface area contributed by atoms with Crippen molar-refractivity contribution in [3.63, 3.8) is 0 Å². The summed E-state index contributed by atoms with van der Waals surface area (Å²) in [6, 6.07) is 20.9. The standard InChI is InChI=1S/C22H22N2O2/c1-16(15-18-7-5-6-14-23-18)20-8-3-4-9-21(20)24-22(25)17-10-12-19(26-2)13-11-17/h3-14,16H,15H2,1-2H3,(H,24,25). The van der Waals surface area contributed by atoms with Crippen LogP contribution < -0.4 is 10.1 Å². The Hall–Kier alpha value is -3.14. The highest BCUT2D eigenvalue weighted by molar-refractivity contribution is 6.04. The van der Waals surface area contributed by atoms with Gasteiger partial charge in [-0.2, -0.15) is 0 Å². The van der Waals surface area contributed by atoms with Crippen LogP contribution in [-0.2, 0) is 6.42 Å². The molecule has 1 N–H and O–H groups in total. The Morgan fingerprint density at radius 1 is 1.04 bits per heavy atom. The molecule has 0 aliphatic heterocycles. The molecule has 4 nitrogen and oxygen atoms in total. The van der Waals surface area contributed by atoms with Crippen LogP contribution >= 0.6 is 0 Å². The largest absolute Gasteiger partial charge is 0.497 e. The van der Waals surface area contributed by atoms with Crippen LogP contribution in [0.1, 0.15) is 34.5 Å². The lowest BCUT2D eigenvalue weighted by atomic mass is 9.94. The van der Waals surface area contributed by atoms with Crippen LogP contribution in [0.2, 0.25) is 0 Å². The van der Waals surface area contributed by atoms with Crippen molar-refractivity contribution in [2.45, 2.75) is 19.3 Å². The number of methoxy groups -OCH3 is 1. The molecular formula is C22H22N2O2. The fourth-order valence-corrected chi connectivity index (χ4v) is 2.92. The number of pyridine rings is 1. The van der Waals surface area contributed by atoms with E-state index in [2.05, 4.69) is 23.3 Å². The second-order valence-corrected chi connectivity index (χ2v) is 6.20. The van der Waals surface area contributed by atoms with Crippen LogP contribution in [-0.4, -0.2) is 18.0 Å². The summed E-state index contributed by atoms with van der Waals surface area (Å²) in [5, 5.41) is 3.03. The van der Waals surface area contributed by atoms with Gasteiger partial charge in [0.25, 0.3) is 5.91 Å². The summed E-state index contributed by atoms with van der Waals surface area (Å²) in [4.78, 5) is 17.0. The number of rotatable bonds is 6. The van der Waals surface area contributed by atoms with Crippen molar-refractivity contribution in [1.82, 2.24) is 4.98 Å². The van der Waals surface area contributed by atoms with Gasteiger partial charge in [0.15, 0.2) is 0 Å². The number of hydrogen-bond donors (Lipinski definition) is 1. The zero-order valence-corrected chi connectivity index (χ0v) is 15.0. The van der Waals surface area contributed by atoms with Gasteiger partial charge < -0.3 is 10.1 Å². The molecule has 1 atom stereocenters. The molecule has 1 unspecified atom stereocenters. The monoisotopic (exact) mass is 346 g/mol. The molecule has 4 heteroatoms. The third-order valence-corrected chi connectivity index (χ3v) is 4.33. The number of nitrogens with one attached hydrogen (secondary N) is 1. The van der Waals surface area contributed by atoms with Gasteiger partial charge >= 0.3 is 0 Å². The van der Waals surface area contributed by atoms with E-state index in [1.807, 2.05) is 36.4 Å². The van der Waals surface area contributed by atoms with E-state index in [1.54, 1.807) is 37.6 Å². The Morgan fingerprint density at radius 3 is 2.46 bits per heavy atom. The van der Waals surface area contributed by atoms with Crippen molar-refractivity contribution in [3.8, 4) is 5.75 Å². The zero-order chi connectivity index (χ0) is 18.4. The molecule has 0 saturated heterocycles. The Labute approximate surface area is 153 Å². The van der Waals surface area contributed by atoms with E-state index in [0.717, 1.165) is 29.1 Å². The maximum atomic E-state index is 12.6. The first-order chi connectivity index (χ1) is 12.7. The lowest BCUT2D eigenvalue weighted by Crippen LogP contribution is -2.14. The molecule has 132 valence electrons. The van der Waals surface area contributed by atoms with Gasteiger partial charge in [0.2, 0.25) is 0 Å². The highest BCUT2D eigenvalue weighted by Gasteiger charge is 2.14. The minimum Gasteiger partial charge on any atom is -0.497 e. The normalized spacial score (nSPS) is 11.6. The molecule has 0 bridgehead atoms. The second-order valence-electron chi connectivity index (χ2n) is 6.20. The first-order valence-corrected chi connectivity index (χ1v) is 8.61. The van der Waals surface area contributed by atoms with Crippen LogP contribution in [0.3, 0.4) is 0 Å². The van der Waals surface area contributed by atoms with Gasteiger partial charge in [-0.25, -0.2) is 0 Å². The van der Waals surface area contributed by atoms with E-state index >= 15 is 0 Å². The van der Waals surface area contributed by atoms with E-state index in [-0.39, 0.29) is 11.8 Å². The quantitative estimate of drug-likeness (QED) is 0.704. The molecule has 0 radical (unpaired) electrons. The molecule has 2 aromatic carbocycles. The minimum atomic E-state index is -0.134. The Balaban J connectivity index is 1.76. The molecule has 3 aromatic rings. The molecule has 0 saturated carbocycles. The molecule has 1 heterocycles. The molecule has 26 heavy (non-hydrogen) atoms. The highest BCUT2D eigenvalue weighted by Crippen LogP contribution is 2.27. The average Bonchev–Trinajstić information content (AvgIpc) is 2.69. The van der Waals surface area contributed by atoms with Crippen LogP contribution in [0, 0.1) is 0 Å². The molecule has 0 fully saturated rings. The molecule has 0 aliphatic rings. The predicted octanol–water partition coefficient (Wildman–Crippen LogP) is 4.69.